The highest BCUT2D eigenvalue weighted by atomic mass is 35.5. The third-order valence-corrected chi connectivity index (χ3v) is 6.19. The molecule has 3 rings (SSSR count). The van der Waals surface area contributed by atoms with Crippen LogP contribution in [0.1, 0.15) is 25.8 Å². The van der Waals surface area contributed by atoms with Crippen molar-refractivity contribution in [3.05, 3.63) is 59.1 Å². The van der Waals surface area contributed by atoms with Gasteiger partial charge in [0.2, 0.25) is 26.6 Å². The third-order valence-electron chi connectivity index (χ3n) is 4.26. The number of aryl methyl sites for hydroxylation is 1. The van der Waals surface area contributed by atoms with Crippen LogP contribution in [0.15, 0.2) is 62.9 Å². The van der Waals surface area contributed by atoms with Crippen LogP contribution >= 0.6 is 11.6 Å². The number of halogens is 1. The molecule has 0 bridgehead atoms. The van der Waals surface area contributed by atoms with E-state index in [0.29, 0.717) is 10.6 Å². The Morgan fingerprint density at radius 2 is 1.74 bits per heavy atom. The molecule has 0 aliphatic heterocycles. The van der Waals surface area contributed by atoms with E-state index in [-0.39, 0.29) is 27.7 Å². The lowest BCUT2D eigenvalue weighted by Crippen LogP contribution is -2.15. The maximum absolute atomic E-state index is 13.2. The minimum Gasteiger partial charge on any atom is -0.419 e. The Balaban J connectivity index is 2.11. The van der Waals surface area contributed by atoms with Gasteiger partial charge < -0.3 is 9.73 Å². The molecule has 0 saturated heterocycles. The first-order valence-corrected chi connectivity index (χ1v) is 10.5. The van der Waals surface area contributed by atoms with Gasteiger partial charge >= 0.3 is 0 Å². The van der Waals surface area contributed by atoms with E-state index in [1.165, 1.54) is 0 Å². The zero-order valence-electron chi connectivity index (χ0n) is 15.4. The molecule has 0 aliphatic rings. The molecule has 0 spiro atoms. The highest BCUT2D eigenvalue weighted by Crippen LogP contribution is 2.33. The normalized spacial score (nSPS) is 12.7. The summed E-state index contributed by atoms with van der Waals surface area (Å²) in [5.41, 5.74) is 1.63. The molecule has 1 heterocycles. The molecular formula is C20H21ClN2O3S. The van der Waals surface area contributed by atoms with E-state index < -0.39 is 9.84 Å². The fourth-order valence-electron chi connectivity index (χ4n) is 2.45. The molecule has 0 unspecified atom stereocenters. The summed E-state index contributed by atoms with van der Waals surface area (Å²) >= 11 is 5.93. The Hall–Kier alpha value is -2.31. The van der Waals surface area contributed by atoms with E-state index in [2.05, 4.69) is 10.3 Å². The number of hydrogen-bond donors (Lipinski definition) is 1. The molecule has 5 nitrogen and oxygen atoms in total. The van der Waals surface area contributed by atoms with Crippen molar-refractivity contribution in [1.82, 2.24) is 4.98 Å². The van der Waals surface area contributed by atoms with Crippen molar-refractivity contribution in [2.45, 2.75) is 43.2 Å². The van der Waals surface area contributed by atoms with Crippen LogP contribution in [0.5, 0.6) is 0 Å². The van der Waals surface area contributed by atoms with Crippen LogP contribution in [0.2, 0.25) is 5.02 Å². The maximum Gasteiger partial charge on any atom is 0.234 e. The topological polar surface area (TPSA) is 72.2 Å². The molecule has 0 aliphatic carbocycles. The SMILES string of the molecule is CC[C@@H](C)Nc1oc(-c2ccc(Cl)cc2)nc1S(=O)(=O)c1ccc(C)cc1. The lowest BCUT2D eigenvalue weighted by atomic mass is 10.2. The molecule has 2 aromatic carbocycles. The Bertz CT molecular complexity index is 1030. The van der Waals surface area contributed by atoms with Crippen LogP contribution in [0.25, 0.3) is 11.5 Å². The van der Waals surface area contributed by atoms with Crippen LogP contribution in [-0.2, 0) is 9.84 Å². The lowest BCUT2D eigenvalue weighted by Gasteiger charge is -2.11. The van der Waals surface area contributed by atoms with E-state index >= 15 is 0 Å². The van der Waals surface area contributed by atoms with Gasteiger partial charge in [-0.15, -0.1) is 0 Å². The Morgan fingerprint density at radius 3 is 2.33 bits per heavy atom. The number of nitrogens with one attached hydrogen (secondary N) is 1. The van der Waals surface area contributed by atoms with Gasteiger partial charge in [-0.05, 0) is 56.7 Å². The van der Waals surface area contributed by atoms with Gasteiger partial charge in [-0.1, -0.05) is 36.2 Å². The van der Waals surface area contributed by atoms with Crippen LogP contribution in [0, 0.1) is 6.92 Å². The second-order valence-electron chi connectivity index (χ2n) is 6.43. The van der Waals surface area contributed by atoms with Gasteiger partial charge in [-0.2, -0.15) is 4.98 Å². The molecule has 1 N–H and O–H groups in total. The second-order valence-corrected chi connectivity index (χ2v) is 8.73. The standard InChI is InChI=1S/C20H21ClN2O3S/c1-4-14(3)22-19-20(27(24,25)17-11-5-13(2)6-12-17)23-18(26-19)15-7-9-16(21)10-8-15/h5-12,14,22H,4H2,1-3H3/t14-/m1/s1. The summed E-state index contributed by atoms with van der Waals surface area (Å²) < 4.78 is 32.1. The van der Waals surface area contributed by atoms with Crippen molar-refractivity contribution in [2.75, 3.05) is 5.32 Å². The number of sulfone groups is 1. The molecule has 27 heavy (non-hydrogen) atoms. The average Bonchev–Trinajstić information content (AvgIpc) is 3.07. The van der Waals surface area contributed by atoms with Gasteiger partial charge in [0.25, 0.3) is 0 Å². The number of aromatic nitrogens is 1. The van der Waals surface area contributed by atoms with Gasteiger partial charge in [0.05, 0.1) is 4.90 Å². The van der Waals surface area contributed by atoms with Crippen LogP contribution in [-0.4, -0.2) is 19.4 Å². The minimum atomic E-state index is -3.83. The fourth-order valence-corrected chi connectivity index (χ4v) is 3.84. The zero-order chi connectivity index (χ0) is 19.6. The van der Waals surface area contributed by atoms with Gasteiger partial charge in [-0.25, -0.2) is 8.42 Å². The van der Waals surface area contributed by atoms with Crippen molar-refractivity contribution >= 4 is 27.3 Å². The summed E-state index contributed by atoms with van der Waals surface area (Å²) in [7, 11) is -3.83. The number of benzene rings is 2. The van der Waals surface area contributed by atoms with Crippen molar-refractivity contribution < 1.29 is 12.8 Å². The summed E-state index contributed by atoms with van der Waals surface area (Å²) in [6, 6.07) is 13.6. The van der Waals surface area contributed by atoms with Gasteiger partial charge in [-0.3, -0.25) is 0 Å². The van der Waals surface area contributed by atoms with Gasteiger partial charge in [0.15, 0.2) is 0 Å². The monoisotopic (exact) mass is 404 g/mol. The minimum absolute atomic E-state index is 0.0305. The van der Waals surface area contributed by atoms with Gasteiger partial charge in [0, 0.05) is 16.6 Å². The largest absolute Gasteiger partial charge is 0.419 e. The molecule has 0 fully saturated rings. The maximum atomic E-state index is 13.2. The summed E-state index contributed by atoms with van der Waals surface area (Å²) in [6.45, 7) is 5.86. The molecule has 0 saturated carbocycles. The number of nitrogens with zero attached hydrogens (tertiary/aromatic N) is 1. The quantitative estimate of drug-likeness (QED) is 0.599. The molecule has 1 aromatic heterocycles. The molecule has 142 valence electrons. The number of hydrogen-bond acceptors (Lipinski definition) is 5. The Morgan fingerprint density at radius 1 is 1.11 bits per heavy atom. The van der Waals surface area contributed by atoms with Crippen LogP contribution in [0.4, 0.5) is 5.88 Å². The predicted octanol–water partition coefficient (Wildman–Crippen LogP) is 5.35. The lowest BCUT2D eigenvalue weighted by molar-refractivity contribution is 0.566. The summed E-state index contributed by atoms with van der Waals surface area (Å²) in [5.74, 6) is 0.373. The molecule has 1 atom stereocenters. The molecule has 0 radical (unpaired) electrons. The zero-order valence-corrected chi connectivity index (χ0v) is 16.9. The Kier molecular flexibility index (Phi) is 5.58. The molecular weight excluding hydrogens is 384 g/mol. The Labute approximate surface area is 164 Å². The van der Waals surface area contributed by atoms with Crippen molar-refractivity contribution in [1.29, 1.82) is 0 Å². The number of rotatable bonds is 6. The molecule has 7 heteroatoms. The molecule has 0 amide bonds. The first-order valence-electron chi connectivity index (χ1n) is 8.66. The highest BCUT2D eigenvalue weighted by Gasteiger charge is 2.29. The van der Waals surface area contributed by atoms with Crippen LogP contribution < -0.4 is 5.32 Å². The summed E-state index contributed by atoms with van der Waals surface area (Å²) in [4.78, 5) is 4.48. The van der Waals surface area contributed by atoms with E-state index in [4.69, 9.17) is 16.0 Å². The second kappa shape index (κ2) is 7.74. The summed E-state index contributed by atoms with van der Waals surface area (Å²) in [6.07, 6.45) is 0.807. The van der Waals surface area contributed by atoms with Crippen molar-refractivity contribution in [2.24, 2.45) is 0 Å². The van der Waals surface area contributed by atoms with Crippen molar-refractivity contribution in [3.8, 4) is 11.5 Å². The number of anilines is 1. The van der Waals surface area contributed by atoms with Gasteiger partial charge in [0.1, 0.15) is 0 Å². The van der Waals surface area contributed by atoms with Crippen LogP contribution in [0.3, 0.4) is 0 Å². The first kappa shape index (κ1) is 19.5. The third kappa shape index (κ3) is 4.17. The smallest absolute Gasteiger partial charge is 0.234 e. The van der Waals surface area contributed by atoms with Crippen molar-refractivity contribution in [3.63, 3.8) is 0 Å². The predicted molar refractivity (Wildman–Crippen MR) is 107 cm³/mol. The van der Waals surface area contributed by atoms with E-state index in [1.807, 2.05) is 20.8 Å². The van der Waals surface area contributed by atoms with E-state index in [9.17, 15) is 8.42 Å². The van der Waals surface area contributed by atoms with E-state index in [1.54, 1.807) is 48.5 Å². The first-order chi connectivity index (χ1) is 12.8. The fraction of sp³-hybridized carbons (Fsp3) is 0.250. The van der Waals surface area contributed by atoms with E-state index in [0.717, 1.165) is 12.0 Å². The molecule has 3 aromatic rings. The number of oxazole rings is 1. The summed E-state index contributed by atoms with van der Waals surface area (Å²) in [5, 5.41) is 3.58. The average molecular weight is 405 g/mol. The highest BCUT2D eigenvalue weighted by molar-refractivity contribution is 7.91.